The number of hydrogen-bond donors (Lipinski definition) is 3. The molecule has 0 radical (unpaired) electrons. The SMILES string of the molecule is Cc1n[nH]cc1-c1nc(N2CCN(C(=O)N[C@@H](CC=N)c3cc(F)cc(C#N)c3)CC2)ncc1F. The van der Waals surface area contributed by atoms with Gasteiger partial charge in [-0.05, 0) is 36.9 Å². The first-order valence-electron chi connectivity index (χ1n) is 10.9. The van der Waals surface area contributed by atoms with Crippen LogP contribution in [0.15, 0.2) is 30.6 Å². The third-order valence-electron chi connectivity index (χ3n) is 5.77. The molecule has 1 aliphatic heterocycles. The summed E-state index contributed by atoms with van der Waals surface area (Å²) in [5.41, 5.74) is 1.89. The molecule has 0 aliphatic carbocycles. The lowest BCUT2D eigenvalue weighted by Crippen LogP contribution is -2.52. The standard InChI is InChI=1S/C23H23F2N9O/c1-14-18(12-29-32-14)21-19(25)13-28-22(31-21)33-4-6-34(7-5-33)23(35)30-20(2-3-26)16-8-15(11-27)9-17(24)10-16/h3,8-10,12-13,20,26H,2,4-7H2,1H3,(H,29,32)(H,30,35)/t20-/m0/s1. The predicted octanol–water partition coefficient (Wildman–Crippen LogP) is 2.94. The van der Waals surface area contributed by atoms with Crippen LogP contribution in [0.2, 0.25) is 0 Å². The van der Waals surface area contributed by atoms with Crippen LogP contribution in [0.5, 0.6) is 0 Å². The molecule has 1 saturated heterocycles. The van der Waals surface area contributed by atoms with Crippen LogP contribution in [0.3, 0.4) is 0 Å². The van der Waals surface area contributed by atoms with Crippen molar-refractivity contribution in [2.24, 2.45) is 0 Å². The van der Waals surface area contributed by atoms with Crippen molar-refractivity contribution in [3.05, 3.63) is 59.0 Å². The maximum absolute atomic E-state index is 14.3. The van der Waals surface area contributed by atoms with E-state index in [0.29, 0.717) is 48.9 Å². The number of H-pyrrole nitrogens is 1. The van der Waals surface area contributed by atoms with E-state index in [1.165, 1.54) is 12.1 Å². The molecule has 35 heavy (non-hydrogen) atoms. The molecule has 180 valence electrons. The van der Waals surface area contributed by atoms with Crippen LogP contribution in [-0.2, 0) is 0 Å². The summed E-state index contributed by atoms with van der Waals surface area (Å²) in [6.45, 7) is 3.32. The van der Waals surface area contributed by atoms with Crippen LogP contribution in [0.25, 0.3) is 11.3 Å². The monoisotopic (exact) mass is 479 g/mol. The van der Waals surface area contributed by atoms with Gasteiger partial charge in [-0.15, -0.1) is 0 Å². The Morgan fingerprint density at radius 1 is 1.31 bits per heavy atom. The van der Waals surface area contributed by atoms with Crippen molar-refractivity contribution in [3.8, 4) is 17.3 Å². The molecule has 1 aromatic carbocycles. The Morgan fingerprint density at radius 2 is 2.09 bits per heavy atom. The molecule has 1 fully saturated rings. The number of piperazine rings is 1. The van der Waals surface area contributed by atoms with Gasteiger partial charge < -0.3 is 20.5 Å². The normalized spacial score (nSPS) is 14.3. The highest BCUT2D eigenvalue weighted by molar-refractivity contribution is 5.75. The summed E-state index contributed by atoms with van der Waals surface area (Å²) < 4.78 is 28.2. The van der Waals surface area contributed by atoms with Gasteiger partial charge in [-0.25, -0.2) is 23.5 Å². The van der Waals surface area contributed by atoms with E-state index < -0.39 is 17.7 Å². The van der Waals surface area contributed by atoms with E-state index in [1.54, 1.807) is 18.0 Å². The van der Waals surface area contributed by atoms with Crippen LogP contribution in [-0.4, -0.2) is 63.5 Å². The zero-order chi connectivity index (χ0) is 24.9. The number of aromatic nitrogens is 4. The van der Waals surface area contributed by atoms with Crippen molar-refractivity contribution < 1.29 is 13.6 Å². The number of nitrogens with zero attached hydrogens (tertiary/aromatic N) is 6. The molecule has 3 N–H and O–H groups in total. The topological polar surface area (TPSA) is 138 Å². The van der Waals surface area contributed by atoms with Gasteiger partial charge in [0, 0.05) is 44.4 Å². The maximum Gasteiger partial charge on any atom is 0.318 e. The molecule has 1 aliphatic rings. The molecule has 4 rings (SSSR count). The maximum atomic E-state index is 14.3. The highest BCUT2D eigenvalue weighted by atomic mass is 19.1. The lowest BCUT2D eigenvalue weighted by Gasteiger charge is -2.35. The molecule has 2 amide bonds. The number of hydrogen-bond acceptors (Lipinski definition) is 7. The fourth-order valence-electron chi connectivity index (χ4n) is 3.92. The van der Waals surface area contributed by atoms with E-state index in [2.05, 4.69) is 25.5 Å². The number of amides is 2. The Labute approximate surface area is 200 Å². The molecular weight excluding hydrogens is 456 g/mol. The van der Waals surface area contributed by atoms with Crippen LogP contribution >= 0.6 is 0 Å². The second-order valence-corrected chi connectivity index (χ2v) is 8.05. The Balaban J connectivity index is 1.42. The van der Waals surface area contributed by atoms with E-state index in [-0.39, 0.29) is 23.7 Å². The number of nitrogens with one attached hydrogen (secondary N) is 3. The number of aromatic amines is 1. The van der Waals surface area contributed by atoms with Crippen molar-refractivity contribution in [2.45, 2.75) is 19.4 Å². The van der Waals surface area contributed by atoms with E-state index in [1.807, 2.05) is 11.0 Å². The minimum absolute atomic E-state index is 0.141. The minimum atomic E-state index is -0.651. The third kappa shape index (κ3) is 5.24. The van der Waals surface area contributed by atoms with Crippen molar-refractivity contribution >= 4 is 18.2 Å². The van der Waals surface area contributed by atoms with E-state index in [4.69, 9.17) is 10.7 Å². The highest BCUT2D eigenvalue weighted by Crippen LogP contribution is 2.25. The summed E-state index contributed by atoms with van der Waals surface area (Å²) in [7, 11) is 0. The van der Waals surface area contributed by atoms with Gasteiger partial charge in [-0.3, -0.25) is 5.10 Å². The number of nitriles is 1. The van der Waals surface area contributed by atoms with Gasteiger partial charge in [0.25, 0.3) is 0 Å². The zero-order valence-electron chi connectivity index (χ0n) is 18.9. The first-order chi connectivity index (χ1) is 16.9. The predicted molar refractivity (Wildman–Crippen MR) is 124 cm³/mol. The molecular formula is C23H23F2N9O. The second-order valence-electron chi connectivity index (χ2n) is 8.05. The lowest BCUT2D eigenvalue weighted by atomic mass is 10.0. The molecule has 0 spiro atoms. The summed E-state index contributed by atoms with van der Waals surface area (Å²) in [4.78, 5) is 24.9. The number of rotatable bonds is 6. The molecule has 12 heteroatoms. The number of carbonyl (C=O) groups is 1. The molecule has 3 heterocycles. The lowest BCUT2D eigenvalue weighted by molar-refractivity contribution is 0.190. The number of benzene rings is 1. The zero-order valence-corrected chi connectivity index (χ0v) is 18.9. The van der Waals surface area contributed by atoms with Gasteiger partial charge in [0.15, 0.2) is 5.82 Å². The fourth-order valence-corrected chi connectivity index (χ4v) is 3.92. The van der Waals surface area contributed by atoms with Crippen LogP contribution < -0.4 is 10.2 Å². The van der Waals surface area contributed by atoms with Crippen LogP contribution in [0, 0.1) is 35.3 Å². The quantitative estimate of drug-likeness (QED) is 0.465. The van der Waals surface area contributed by atoms with E-state index in [0.717, 1.165) is 18.5 Å². The van der Waals surface area contributed by atoms with Crippen LogP contribution in [0.4, 0.5) is 19.5 Å². The molecule has 0 bridgehead atoms. The number of halogens is 2. The van der Waals surface area contributed by atoms with Gasteiger partial charge in [0.1, 0.15) is 11.5 Å². The molecule has 3 aromatic rings. The first-order valence-corrected chi connectivity index (χ1v) is 10.9. The summed E-state index contributed by atoms with van der Waals surface area (Å²) >= 11 is 0. The van der Waals surface area contributed by atoms with E-state index in [9.17, 15) is 13.6 Å². The average molecular weight is 479 g/mol. The smallest absolute Gasteiger partial charge is 0.318 e. The summed E-state index contributed by atoms with van der Waals surface area (Å²) in [5, 5.41) is 26.1. The van der Waals surface area contributed by atoms with Crippen molar-refractivity contribution in [3.63, 3.8) is 0 Å². The van der Waals surface area contributed by atoms with Crippen molar-refractivity contribution in [1.82, 2.24) is 30.4 Å². The molecule has 2 aromatic heterocycles. The third-order valence-corrected chi connectivity index (χ3v) is 5.77. The van der Waals surface area contributed by atoms with Gasteiger partial charge in [-0.2, -0.15) is 10.4 Å². The van der Waals surface area contributed by atoms with Gasteiger partial charge >= 0.3 is 6.03 Å². The Hall–Kier alpha value is -4.40. The molecule has 0 unspecified atom stereocenters. The summed E-state index contributed by atoms with van der Waals surface area (Å²) in [5.74, 6) is -0.779. The second kappa shape index (κ2) is 10.3. The summed E-state index contributed by atoms with van der Waals surface area (Å²) in [6.07, 6.45) is 3.99. The van der Waals surface area contributed by atoms with Gasteiger partial charge in [0.05, 0.1) is 29.6 Å². The largest absolute Gasteiger partial charge is 0.337 e. The van der Waals surface area contributed by atoms with Gasteiger partial charge in [0.2, 0.25) is 5.95 Å². The average Bonchev–Trinajstić information content (AvgIpc) is 3.29. The Bertz CT molecular complexity index is 1280. The Kier molecular flexibility index (Phi) is 6.96. The van der Waals surface area contributed by atoms with Crippen molar-refractivity contribution in [2.75, 3.05) is 31.1 Å². The highest BCUT2D eigenvalue weighted by Gasteiger charge is 2.26. The Morgan fingerprint density at radius 3 is 2.74 bits per heavy atom. The summed E-state index contributed by atoms with van der Waals surface area (Å²) in [6, 6.07) is 4.74. The number of carbonyl (C=O) groups excluding carboxylic acids is 1. The number of urea groups is 1. The van der Waals surface area contributed by atoms with Crippen LogP contribution in [0.1, 0.15) is 29.3 Å². The first kappa shape index (κ1) is 23.7. The fraction of sp³-hybridized carbons (Fsp3) is 0.304. The number of anilines is 1. The number of aryl methyl sites for hydroxylation is 1. The van der Waals surface area contributed by atoms with E-state index >= 15 is 0 Å². The van der Waals surface area contributed by atoms with Gasteiger partial charge in [-0.1, -0.05) is 0 Å². The van der Waals surface area contributed by atoms with Crippen molar-refractivity contribution in [1.29, 1.82) is 10.7 Å². The molecule has 10 nitrogen and oxygen atoms in total. The molecule has 1 atom stereocenters. The molecule has 0 saturated carbocycles. The minimum Gasteiger partial charge on any atom is -0.337 e.